The normalized spacial score (nSPS) is 15.5. The summed E-state index contributed by atoms with van der Waals surface area (Å²) >= 11 is 0. The molecule has 1 aliphatic rings. The Morgan fingerprint density at radius 3 is 2.76 bits per heavy atom. The van der Waals surface area contributed by atoms with Gasteiger partial charge in [-0.3, -0.25) is 4.79 Å². The van der Waals surface area contributed by atoms with Gasteiger partial charge in [-0.1, -0.05) is 25.2 Å². The number of carbonyl (C=O) groups excluding carboxylic acids is 1. The maximum Gasteiger partial charge on any atom is 0.256 e. The second kappa shape index (κ2) is 7.24. The van der Waals surface area contributed by atoms with Gasteiger partial charge in [-0.25, -0.2) is 4.39 Å². The summed E-state index contributed by atoms with van der Waals surface area (Å²) in [6.45, 7) is 3.27. The number of halogens is 1. The zero-order valence-electron chi connectivity index (χ0n) is 12.2. The molecule has 0 radical (unpaired) electrons. The quantitative estimate of drug-likeness (QED) is 0.850. The molecule has 0 aliphatic carbocycles. The van der Waals surface area contributed by atoms with E-state index in [1.165, 1.54) is 18.2 Å². The van der Waals surface area contributed by atoms with Crippen molar-refractivity contribution in [2.45, 2.75) is 26.2 Å². The summed E-state index contributed by atoms with van der Waals surface area (Å²) in [5.74, 6) is 5.08. The van der Waals surface area contributed by atoms with Crippen LogP contribution in [0.2, 0.25) is 0 Å². The van der Waals surface area contributed by atoms with Gasteiger partial charge in [0.1, 0.15) is 12.4 Å². The third kappa shape index (κ3) is 3.83. The maximum absolute atomic E-state index is 13.9. The number of aliphatic hydroxyl groups is 1. The minimum absolute atomic E-state index is 0.0645. The second-order valence-corrected chi connectivity index (χ2v) is 5.30. The van der Waals surface area contributed by atoms with Crippen molar-refractivity contribution in [3.8, 4) is 11.8 Å². The second-order valence-electron chi connectivity index (χ2n) is 5.30. The molecule has 0 aromatic heterocycles. The van der Waals surface area contributed by atoms with E-state index < -0.39 is 5.82 Å². The standard InChI is InChI=1S/C17H20FNO2/c1-2-13-7-9-19(10-8-13)17(21)15-12-14(4-3-11-20)5-6-16(15)18/h5-6,12-13,20H,2,7-11H2,1H3. The molecule has 1 heterocycles. The first-order valence-corrected chi connectivity index (χ1v) is 7.34. The highest BCUT2D eigenvalue weighted by Gasteiger charge is 2.24. The zero-order chi connectivity index (χ0) is 15.2. The Hall–Kier alpha value is -1.86. The lowest BCUT2D eigenvalue weighted by Crippen LogP contribution is -2.38. The molecule has 112 valence electrons. The number of hydrogen-bond acceptors (Lipinski definition) is 2. The molecule has 4 heteroatoms. The summed E-state index contributed by atoms with van der Waals surface area (Å²) in [6.07, 6.45) is 3.09. The first-order valence-electron chi connectivity index (χ1n) is 7.34. The Balaban J connectivity index is 2.15. The van der Waals surface area contributed by atoms with Crippen LogP contribution in [0.1, 0.15) is 42.1 Å². The van der Waals surface area contributed by atoms with Crippen molar-refractivity contribution in [2.75, 3.05) is 19.7 Å². The molecule has 3 nitrogen and oxygen atoms in total. The van der Waals surface area contributed by atoms with Crippen molar-refractivity contribution in [1.29, 1.82) is 0 Å². The minimum Gasteiger partial charge on any atom is -0.384 e. The van der Waals surface area contributed by atoms with Crippen LogP contribution in [0, 0.1) is 23.6 Å². The maximum atomic E-state index is 13.9. The molecule has 1 saturated heterocycles. The fraction of sp³-hybridized carbons (Fsp3) is 0.471. The van der Waals surface area contributed by atoms with Crippen molar-refractivity contribution in [2.24, 2.45) is 5.92 Å². The molecule has 1 aromatic rings. The third-order valence-corrected chi connectivity index (χ3v) is 3.99. The molecule has 1 amide bonds. The number of nitrogens with zero attached hydrogens (tertiary/aromatic N) is 1. The van der Waals surface area contributed by atoms with Crippen LogP contribution < -0.4 is 0 Å². The van der Waals surface area contributed by atoms with Crippen LogP contribution in [0.3, 0.4) is 0 Å². The first kappa shape index (κ1) is 15.5. The van der Waals surface area contributed by atoms with E-state index in [2.05, 4.69) is 18.8 Å². The highest BCUT2D eigenvalue weighted by atomic mass is 19.1. The van der Waals surface area contributed by atoms with E-state index >= 15 is 0 Å². The molecular formula is C17H20FNO2. The number of benzene rings is 1. The van der Waals surface area contributed by atoms with Gasteiger partial charge in [-0.2, -0.15) is 0 Å². The van der Waals surface area contributed by atoms with E-state index in [-0.39, 0.29) is 18.1 Å². The van der Waals surface area contributed by atoms with Crippen LogP contribution in [-0.4, -0.2) is 35.6 Å². The van der Waals surface area contributed by atoms with Gasteiger partial charge in [0.15, 0.2) is 0 Å². The number of amides is 1. The van der Waals surface area contributed by atoms with Crippen LogP contribution in [0.5, 0.6) is 0 Å². The summed E-state index contributed by atoms with van der Waals surface area (Å²) in [5, 5.41) is 8.69. The fourth-order valence-electron chi connectivity index (χ4n) is 2.62. The van der Waals surface area contributed by atoms with Crippen molar-refractivity contribution in [1.82, 2.24) is 4.90 Å². The van der Waals surface area contributed by atoms with E-state index in [1.54, 1.807) is 4.90 Å². The molecule has 2 rings (SSSR count). The molecule has 0 unspecified atom stereocenters. The van der Waals surface area contributed by atoms with Crippen molar-refractivity contribution in [3.05, 3.63) is 35.1 Å². The molecule has 0 saturated carbocycles. The average molecular weight is 289 g/mol. The number of piperidine rings is 1. The van der Waals surface area contributed by atoms with E-state index in [9.17, 15) is 9.18 Å². The highest BCUT2D eigenvalue weighted by molar-refractivity contribution is 5.95. The summed E-state index contributed by atoms with van der Waals surface area (Å²) < 4.78 is 13.9. The summed E-state index contributed by atoms with van der Waals surface area (Å²) in [6, 6.07) is 4.23. The molecule has 0 spiro atoms. The smallest absolute Gasteiger partial charge is 0.256 e. The van der Waals surface area contributed by atoms with Crippen LogP contribution in [0.25, 0.3) is 0 Å². The van der Waals surface area contributed by atoms with E-state index in [0.29, 0.717) is 24.6 Å². The van der Waals surface area contributed by atoms with Crippen molar-refractivity contribution >= 4 is 5.91 Å². The van der Waals surface area contributed by atoms with Gasteiger partial charge in [-0.15, -0.1) is 0 Å². The zero-order valence-corrected chi connectivity index (χ0v) is 12.2. The Morgan fingerprint density at radius 1 is 1.43 bits per heavy atom. The van der Waals surface area contributed by atoms with Crippen LogP contribution in [0.4, 0.5) is 4.39 Å². The lowest BCUT2D eigenvalue weighted by atomic mass is 9.94. The number of carbonyl (C=O) groups is 1. The Bertz CT molecular complexity index is 566. The molecule has 21 heavy (non-hydrogen) atoms. The lowest BCUT2D eigenvalue weighted by Gasteiger charge is -2.31. The van der Waals surface area contributed by atoms with Gasteiger partial charge in [-0.05, 0) is 37.0 Å². The molecule has 0 bridgehead atoms. The van der Waals surface area contributed by atoms with E-state index in [4.69, 9.17) is 5.11 Å². The number of likely N-dealkylation sites (tertiary alicyclic amines) is 1. The number of aliphatic hydroxyl groups excluding tert-OH is 1. The Kier molecular flexibility index (Phi) is 5.35. The van der Waals surface area contributed by atoms with Crippen LogP contribution in [0.15, 0.2) is 18.2 Å². The predicted octanol–water partition coefficient (Wildman–Crippen LogP) is 2.43. The monoisotopic (exact) mass is 289 g/mol. The van der Waals surface area contributed by atoms with Crippen LogP contribution >= 0.6 is 0 Å². The molecule has 1 aromatic carbocycles. The summed E-state index contributed by atoms with van der Waals surface area (Å²) in [7, 11) is 0. The van der Waals surface area contributed by atoms with Crippen LogP contribution in [-0.2, 0) is 0 Å². The van der Waals surface area contributed by atoms with Gasteiger partial charge in [0.2, 0.25) is 0 Å². The Labute approximate surface area is 124 Å². The van der Waals surface area contributed by atoms with Crippen molar-refractivity contribution < 1.29 is 14.3 Å². The van der Waals surface area contributed by atoms with Gasteiger partial charge in [0.05, 0.1) is 5.56 Å². The minimum atomic E-state index is -0.521. The van der Waals surface area contributed by atoms with Gasteiger partial charge >= 0.3 is 0 Å². The molecule has 0 atom stereocenters. The van der Waals surface area contributed by atoms with Gasteiger partial charge < -0.3 is 10.0 Å². The lowest BCUT2D eigenvalue weighted by molar-refractivity contribution is 0.0684. The SMILES string of the molecule is CCC1CCN(C(=O)c2cc(C#CCO)ccc2F)CC1. The molecule has 1 N–H and O–H groups in total. The number of rotatable bonds is 2. The van der Waals surface area contributed by atoms with Crippen molar-refractivity contribution in [3.63, 3.8) is 0 Å². The molecule has 1 aliphatic heterocycles. The molecule has 1 fully saturated rings. The molecular weight excluding hydrogens is 269 g/mol. The van der Waals surface area contributed by atoms with E-state index in [0.717, 1.165) is 19.3 Å². The van der Waals surface area contributed by atoms with Gasteiger partial charge in [0.25, 0.3) is 5.91 Å². The topological polar surface area (TPSA) is 40.5 Å². The summed E-state index contributed by atoms with van der Waals surface area (Å²) in [5.41, 5.74) is 0.604. The highest BCUT2D eigenvalue weighted by Crippen LogP contribution is 2.22. The first-order chi connectivity index (χ1) is 10.2. The largest absolute Gasteiger partial charge is 0.384 e. The third-order valence-electron chi connectivity index (χ3n) is 3.99. The average Bonchev–Trinajstić information content (AvgIpc) is 2.53. The Morgan fingerprint density at radius 2 is 2.14 bits per heavy atom. The van der Waals surface area contributed by atoms with Gasteiger partial charge in [0, 0.05) is 18.7 Å². The summed E-state index contributed by atoms with van der Waals surface area (Å²) in [4.78, 5) is 14.1. The predicted molar refractivity (Wildman–Crippen MR) is 79.3 cm³/mol. The van der Waals surface area contributed by atoms with E-state index in [1.807, 2.05) is 0 Å². The fourth-order valence-corrected chi connectivity index (χ4v) is 2.62. The number of hydrogen-bond donors (Lipinski definition) is 1.